The van der Waals surface area contributed by atoms with E-state index in [1.165, 1.54) is 12.3 Å². The van der Waals surface area contributed by atoms with Gasteiger partial charge in [0, 0.05) is 6.20 Å². The second-order valence-corrected chi connectivity index (χ2v) is 5.48. The van der Waals surface area contributed by atoms with Crippen LogP contribution in [0.5, 0.6) is 0 Å². The summed E-state index contributed by atoms with van der Waals surface area (Å²) in [5.74, 6) is -0.0391. The number of aromatic nitrogens is 2. The van der Waals surface area contributed by atoms with Crippen molar-refractivity contribution in [2.45, 2.75) is 24.5 Å². The lowest BCUT2D eigenvalue weighted by molar-refractivity contribution is -0.343. The van der Waals surface area contributed by atoms with E-state index in [9.17, 15) is 29.4 Å². The first-order valence-electron chi connectivity index (χ1n) is 5.72. The fraction of sp³-hybridized carbons (Fsp3) is 0.556. The van der Waals surface area contributed by atoms with Crippen LogP contribution in [0.3, 0.4) is 0 Å². The minimum absolute atomic E-state index is 0.0391. The molecule has 0 bridgehead atoms. The molecule has 0 unspecified atom stereocenters. The first-order chi connectivity index (χ1) is 9.69. The Bertz CT molecular complexity index is 615. The Morgan fingerprint density at radius 1 is 1.48 bits per heavy atom. The van der Waals surface area contributed by atoms with E-state index in [1.807, 2.05) is 0 Å². The fourth-order valence-corrected chi connectivity index (χ4v) is 2.21. The van der Waals surface area contributed by atoms with Crippen molar-refractivity contribution in [1.29, 1.82) is 0 Å². The number of anilines is 1. The maximum Gasteiger partial charge on any atom is 0.351 e. The van der Waals surface area contributed by atoms with Crippen molar-refractivity contribution in [3.63, 3.8) is 0 Å². The van der Waals surface area contributed by atoms with Gasteiger partial charge in [-0.15, -0.1) is 0 Å². The summed E-state index contributed by atoms with van der Waals surface area (Å²) in [4.78, 5) is 35.8. The normalized spacial score (nSPS) is 29.7. The van der Waals surface area contributed by atoms with Gasteiger partial charge in [-0.1, -0.05) is 0 Å². The number of ether oxygens (including phenoxy) is 1. The van der Waals surface area contributed by atoms with Crippen molar-refractivity contribution in [2.24, 2.45) is 0 Å². The van der Waals surface area contributed by atoms with Crippen LogP contribution >= 0.6 is 7.82 Å². The number of nitrogens with zero attached hydrogens (tertiary/aromatic N) is 2. The molecule has 118 valence electrons. The standard InChI is InChI=1S/C9H14N3O8P/c10-5-1-2-12(9(15)11-5)8-7(14)6(13)4(20-8)3-19-21(16,17)18/h1-2,4,6-8,13-14H,3H2,(H2,10,11,15)(H2,16,17,18)/p-2/t4-,6+,7-,8+/m0/s1. The number of nitrogens with two attached hydrogens (primary N) is 1. The van der Waals surface area contributed by atoms with E-state index in [2.05, 4.69) is 9.51 Å². The summed E-state index contributed by atoms with van der Waals surface area (Å²) in [5.41, 5.74) is 4.49. The first-order valence-corrected chi connectivity index (χ1v) is 7.18. The van der Waals surface area contributed by atoms with Crippen molar-refractivity contribution in [2.75, 3.05) is 12.3 Å². The van der Waals surface area contributed by atoms with Crippen LogP contribution in [0.1, 0.15) is 6.23 Å². The molecule has 0 saturated carbocycles. The highest BCUT2D eigenvalue weighted by Crippen LogP contribution is 2.32. The van der Waals surface area contributed by atoms with Crippen molar-refractivity contribution < 1.29 is 33.8 Å². The summed E-state index contributed by atoms with van der Waals surface area (Å²) in [6.07, 6.45) is -4.51. The topological polar surface area (TPSA) is 183 Å². The number of phosphoric acid groups is 1. The maximum atomic E-state index is 11.6. The van der Waals surface area contributed by atoms with Gasteiger partial charge in [-0.3, -0.25) is 4.57 Å². The Balaban J connectivity index is 2.16. The van der Waals surface area contributed by atoms with Crippen molar-refractivity contribution >= 4 is 13.6 Å². The summed E-state index contributed by atoms with van der Waals surface area (Å²) < 4.78 is 20.4. The fourth-order valence-electron chi connectivity index (χ4n) is 1.88. The van der Waals surface area contributed by atoms with Crippen LogP contribution in [0.25, 0.3) is 0 Å². The Morgan fingerprint density at radius 2 is 2.14 bits per heavy atom. The summed E-state index contributed by atoms with van der Waals surface area (Å²) in [7, 11) is -5.24. The van der Waals surface area contributed by atoms with E-state index in [0.717, 1.165) is 4.57 Å². The zero-order valence-electron chi connectivity index (χ0n) is 10.4. The zero-order valence-corrected chi connectivity index (χ0v) is 11.3. The average molecular weight is 321 g/mol. The van der Waals surface area contributed by atoms with E-state index in [0.29, 0.717) is 0 Å². The largest absolute Gasteiger partial charge is 0.790 e. The van der Waals surface area contributed by atoms with Crippen LogP contribution in [0.15, 0.2) is 17.1 Å². The number of rotatable bonds is 4. The maximum absolute atomic E-state index is 11.6. The van der Waals surface area contributed by atoms with Gasteiger partial charge in [0.1, 0.15) is 24.1 Å². The van der Waals surface area contributed by atoms with Gasteiger partial charge in [0.2, 0.25) is 0 Å². The number of hydrogen-bond donors (Lipinski definition) is 3. The zero-order chi connectivity index (χ0) is 15.8. The second kappa shape index (κ2) is 5.81. The minimum Gasteiger partial charge on any atom is -0.790 e. The third-order valence-corrected chi connectivity index (χ3v) is 3.33. The number of nitrogen functional groups attached to an aromatic ring is 1. The van der Waals surface area contributed by atoms with Crippen molar-refractivity contribution in [3.05, 3.63) is 22.7 Å². The van der Waals surface area contributed by atoms with Crippen LogP contribution < -0.4 is 21.2 Å². The molecule has 21 heavy (non-hydrogen) atoms. The predicted molar refractivity (Wildman–Crippen MR) is 62.4 cm³/mol. The lowest BCUT2D eigenvalue weighted by Gasteiger charge is -2.30. The van der Waals surface area contributed by atoms with Crippen molar-refractivity contribution in [1.82, 2.24) is 9.55 Å². The quantitative estimate of drug-likeness (QED) is 0.466. The molecule has 4 atom stereocenters. The lowest BCUT2D eigenvalue weighted by atomic mass is 10.1. The molecule has 0 amide bonds. The molecule has 2 heterocycles. The van der Waals surface area contributed by atoms with Crippen LogP contribution in [-0.4, -0.2) is 44.7 Å². The Kier molecular flexibility index (Phi) is 4.44. The Hall–Kier alpha value is -1.33. The van der Waals surface area contributed by atoms with E-state index >= 15 is 0 Å². The van der Waals surface area contributed by atoms with Crippen LogP contribution in [0.4, 0.5) is 5.82 Å². The molecular weight excluding hydrogens is 309 g/mol. The molecule has 1 aliphatic heterocycles. The number of hydrogen-bond acceptors (Lipinski definition) is 10. The van der Waals surface area contributed by atoms with Crippen LogP contribution in [-0.2, 0) is 13.8 Å². The average Bonchev–Trinajstić information content (AvgIpc) is 2.64. The summed E-state index contributed by atoms with van der Waals surface area (Å²) in [5, 5.41) is 19.6. The molecule has 1 aliphatic rings. The van der Waals surface area contributed by atoms with Gasteiger partial charge < -0.3 is 39.6 Å². The third kappa shape index (κ3) is 3.66. The molecule has 1 fully saturated rings. The monoisotopic (exact) mass is 321 g/mol. The van der Waals surface area contributed by atoms with Crippen LogP contribution in [0, 0.1) is 0 Å². The van der Waals surface area contributed by atoms with Gasteiger partial charge in [0.25, 0.3) is 0 Å². The highest BCUT2D eigenvalue weighted by Gasteiger charge is 2.44. The molecule has 11 nitrogen and oxygen atoms in total. The molecular formula is C9H12N3O8P-2. The highest BCUT2D eigenvalue weighted by molar-refractivity contribution is 7.43. The molecule has 4 N–H and O–H groups in total. The molecule has 0 spiro atoms. The SMILES string of the molecule is Nc1ccn([C@@H]2O[C@@H](COP(=O)([O-])[O-])[C@@H](O)[C@@H]2O)c(=O)n1. The number of aliphatic hydroxyl groups is 2. The third-order valence-electron chi connectivity index (χ3n) is 2.86. The molecule has 1 saturated heterocycles. The van der Waals surface area contributed by atoms with Crippen LogP contribution in [0.2, 0.25) is 0 Å². The van der Waals surface area contributed by atoms with Gasteiger partial charge in [0.05, 0.1) is 14.4 Å². The number of aliphatic hydroxyl groups excluding tert-OH is 2. The molecule has 0 aromatic carbocycles. The highest BCUT2D eigenvalue weighted by atomic mass is 31.2. The molecule has 1 aromatic rings. The summed E-state index contributed by atoms with van der Waals surface area (Å²) in [6, 6.07) is 1.27. The second-order valence-electron chi connectivity index (χ2n) is 4.33. The summed E-state index contributed by atoms with van der Waals surface area (Å²) >= 11 is 0. The van der Waals surface area contributed by atoms with Crippen molar-refractivity contribution in [3.8, 4) is 0 Å². The Morgan fingerprint density at radius 3 is 2.71 bits per heavy atom. The lowest BCUT2D eigenvalue weighted by Crippen LogP contribution is -2.36. The van der Waals surface area contributed by atoms with Gasteiger partial charge in [-0.25, -0.2) is 4.79 Å². The molecule has 2 rings (SSSR count). The molecule has 1 aromatic heterocycles. The minimum atomic E-state index is -5.24. The van der Waals surface area contributed by atoms with Gasteiger partial charge >= 0.3 is 5.69 Å². The predicted octanol–water partition coefficient (Wildman–Crippen LogP) is -3.71. The number of phosphoric ester groups is 1. The summed E-state index contributed by atoms with van der Waals surface area (Å²) in [6.45, 7) is -0.782. The molecule has 0 aliphatic carbocycles. The van der Waals surface area contributed by atoms with E-state index in [-0.39, 0.29) is 5.82 Å². The van der Waals surface area contributed by atoms with Gasteiger partial charge in [-0.2, -0.15) is 4.98 Å². The Labute approximate surface area is 117 Å². The smallest absolute Gasteiger partial charge is 0.351 e. The van der Waals surface area contributed by atoms with Gasteiger partial charge in [0.15, 0.2) is 6.23 Å². The first kappa shape index (κ1) is 16.0. The van der Waals surface area contributed by atoms with Gasteiger partial charge in [-0.05, 0) is 6.07 Å². The van der Waals surface area contributed by atoms with E-state index < -0.39 is 44.7 Å². The van der Waals surface area contributed by atoms with E-state index in [1.54, 1.807) is 0 Å². The molecule has 12 heteroatoms. The molecule has 0 radical (unpaired) electrons. The van der Waals surface area contributed by atoms with E-state index in [4.69, 9.17) is 10.5 Å².